The summed E-state index contributed by atoms with van der Waals surface area (Å²) in [7, 11) is 0. The van der Waals surface area contributed by atoms with Gasteiger partial charge in [0.05, 0.1) is 11.9 Å². The first-order chi connectivity index (χ1) is 15.1. The van der Waals surface area contributed by atoms with Crippen LogP contribution >= 0.6 is 0 Å². The molecule has 1 N–H and O–H groups in total. The Morgan fingerprint density at radius 1 is 1.06 bits per heavy atom. The second-order valence-electron chi connectivity index (χ2n) is 8.45. The summed E-state index contributed by atoms with van der Waals surface area (Å²) >= 11 is 0. The maximum Gasteiger partial charge on any atom is 0.307 e. The number of hydrogen-bond donors (Lipinski definition) is 1. The van der Waals surface area contributed by atoms with Crippen molar-refractivity contribution in [1.82, 2.24) is 9.88 Å². The first-order valence-electron chi connectivity index (χ1n) is 11.1. The van der Waals surface area contributed by atoms with Crippen molar-refractivity contribution < 1.29 is 14.6 Å². The number of pyridine rings is 1. The number of carboxylic acids is 1. The number of fused-ring (bicyclic) bond motifs is 1. The van der Waals surface area contributed by atoms with Crippen LogP contribution in [-0.2, 0) is 17.6 Å². The van der Waals surface area contributed by atoms with Gasteiger partial charge in [0.25, 0.3) is 0 Å². The highest BCUT2D eigenvalue weighted by atomic mass is 16.5. The van der Waals surface area contributed by atoms with Gasteiger partial charge >= 0.3 is 5.97 Å². The van der Waals surface area contributed by atoms with E-state index in [2.05, 4.69) is 22.0 Å². The molecular formula is C26H30N2O3. The van der Waals surface area contributed by atoms with Crippen molar-refractivity contribution in [3.8, 4) is 5.75 Å². The first kappa shape index (κ1) is 21.3. The van der Waals surface area contributed by atoms with E-state index in [0.29, 0.717) is 12.5 Å². The Labute approximate surface area is 183 Å². The number of hydrogen-bond acceptors (Lipinski definition) is 4. The highest BCUT2D eigenvalue weighted by molar-refractivity contribution is 5.85. The van der Waals surface area contributed by atoms with Gasteiger partial charge in [-0.2, -0.15) is 0 Å². The highest BCUT2D eigenvalue weighted by Crippen LogP contribution is 2.26. The molecule has 0 atom stereocenters. The van der Waals surface area contributed by atoms with Crippen LogP contribution in [0.4, 0.5) is 0 Å². The zero-order valence-corrected chi connectivity index (χ0v) is 18.1. The van der Waals surface area contributed by atoms with Gasteiger partial charge in [-0.25, -0.2) is 0 Å². The molecule has 1 fully saturated rings. The van der Waals surface area contributed by atoms with Gasteiger partial charge in [0, 0.05) is 17.6 Å². The monoisotopic (exact) mass is 418 g/mol. The predicted molar refractivity (Wildman–Crippen MR) is 123 cm³/mol. The summed E-state index contributed by atoms with van der Waals surface area (Å²) in [6.45, 7) is 5.70. The molecule has 31 heavy (non-hydrogen) atoms. The number of carboxylic acid groups (broad SMARTS) is 1. The van der Waals surface area contributed by atoms with E-state index in [1.54, 1.807) is 0 Å². The molecule has 1 aliphatic heterocycles. The molecular weight excluding hydrogens is 388 g/mol. The minimum atomic E-state index is -0.764. The van der Waals surface area contributed by atoms with Crippen LogP contribution in [0.5, 0.6) is 5.75 Å². The molecule has 0 bridgehead atoms. The Balaban J connectivity index is 1.26. The molecule has 5 nitrogen and oxygen atoms in total. The zero-order chi connectivity index (χ0) is 21.6. The number of nitrogens with zero attached hydrogens (tertiary/aromatic N) is 2. The number of piperidine rings is 1. The number of carbonyl (C=O) groups is 1. The molecule has 0 unspecified atom stereocenters. The van der Waals surface area contributed by atoms with Crippen LogP contribution < -0.4 is 4.74 Å². The molecule has 4 rings (SSSR count). The predicted octanol–water partition coefficient (Wildman–Crippen LogP) is 4.50. The first-order valence-corrected chi connectivity index (χ1v) is 11.1. The highest BCUT2D eigenvalue weighted by Gasteiger charge is 2.20. The van der Waals surface area contributed by atoms with Crippen molar-refractivity contribution in [2.75, 3.05) is 26.2 Å². The molecule has 5 heteroatoms. The van der Waals surface area contributed by atoms with Crippen LogP contribution in [0.2, 0.25) is 0 Å². The van der Waals surface area contributed by atoms with Gasteiger partial charge in [-0.05, 0) is 80.6 Å². The van der Waals surface area contributed by atoms with E-state index < -0.39 is 5.97 Å². The Hall–Kier alpha value is -2.92. The summed E-state index contributed by atoms with van der Waals surface area (Å²) < 4.78 is 6.10. The average Bonchev–Trinajstić information content (AvgIpc) is 2.76. The Bertz CT molecular complexity index is 1040. The van der Waals surface area contributed by atoms with Gasteiger partial charge < -0.3 is 9.84 Å². The molecule has 0 spiro atoms. The van der Waals surface area contributed by atoms with Crippen LogP contribution in [0, 0.1) is 12.8 Å². The summed E-state index contributed by atoms with van der Waals surface area (Å²) in [5.41, 5.74) is 4.12. The summed E-state index contributed by atoms with van der Waals surface area (Å²) in [6.07, 6.45) is 3.35. The number of ether oxygens (including phenoxy) is 1. The molecule has 1 aliphatic rings. The molecule has 0 saturated carbocycles. The van der Waals surface area contributed by atoms with Crippen LogP contribution in [0.25, 0.3) is 10.9 Å². The van der Waals surface area contributed by atoms with E-state index in [1.807, 2.05) is 49.4 Å². The van der Waals surface area contributed by atoms with Crippen molar-refractivity contribution >= 4 is 16.9 Å². The fourth-order valence-electron chi connectivity index (χ4n) is 4.46. The number of aliphatic carboxylic acids is 1. The van der Waals surface area contributed by atoms with Gasteiger partial charge in [0.15, 0.2) is 0 Å². The second-order valence-corrected chi connectivity index (χ2v) is 8.45. The molecule has 0 aliphatic carbocycles. The third-order valence-corrected chi connectivity index (χ3v) is 6.17. The fourth-order valence-corrected chi connectivity index (χ4v) is 4.46. The van der Waals surface area contributed by atoms with Crippen molar-refractivity contribution in [2.45, 2.75) is 32.6 Å². The van der Waals surface area contributed by atoms with Crippen molar-refractivity contribution in [3.63, 3.8) is 0 Å². The minimum Gasteiger partial charge on any atom is -0.492 e. The van der Waals surface area contributed by atoms with Crippen molar-refractivity contribution in [1.29, 1.82) is 0 Å². The maximum absolute atomic E-state index is 11.1. The normalized spacial score (nSPS) is 15.3. The Kier molecular flexibility index (Phi) is 6.82. The minimum absolute atomic E-state index is 0.107. The van der Waals surface area contributed by atoms with E-state index in [9.17, 15) is 4.79 Å². The van der Waals surface area contributed by atoms with Crippen LogP contribution in [0.3, 0.4) is 0 Å². The number of aromatic nitrogens is 1. The SMILES string of the molecule is Cc1ccc2c(OCCN3CCC(Cc4ccccc4CC(=O)O)CC3)cccc2n1. The van der Waals surface area contributed by atoms with Gasteiger partial charge in [0.1, 0.15) is 12.4 Å². The number of rotatable bonds is 8. The molecule has 0 radical (unpaired) electrons. The van der Waals surface area contributed by atoms with Crippen LogP contribution in [-0.4, -0.2) is 47.2 Å². The number of benzene rings is 2. The average molecular weight is 419 g/mol. The summed E-state index contributed by atoms with van der Waals surface area (Å²) in [5.74, 6) is 0.744. The molecule has 3 aromatic rings. The number of likely N-dealkylation sites (tertiary alicyclic amines) is 1. The van der Waals surface area contributed by atoms with Gasteiger partial charge in [-0.15, -0.1) is 0 Å². The molecule has 2 aromatic carbocycles. The molecule has 1 aromatic heterocycles. The van der Waals surface area contributed by atoms with E-state index in [0.717, 1.165) is 66.8 Å². The standard InChI is InChI=1S/C26H30N2O3/c1-19-9-10-23-24(27-19)7-4-8-25(23)31-16-15-28-13-11-20(12-14-28)17-21-5-2-3-6-22(21)18-26(29)30/h2-10,20H,11-18H2,1H3,(H,29,30). The van der Waals surface area contributed by atoms with E-state index in [1.165, 1.54) is 5.56 Å². The fraction of sp³-hybridized carbons (Fsp3) is 0.385. The topological polar surface area (TPSA) is 62.7 Å². The lowest BCUT2D eigenvalue weighted by Crippen LogP contribution is -2.37. The zero-order valence-electron chi connectivity index (χ0n) is 18.1. The molecule has 1 saturated heterocycles. The third-order valence-electron chi connectivity index (χ3n) is 6.17. The van der Waals surface area contributed by atoms with Gasteiger partial charge in [0.2, 0.25) is 0 Å². The maximum atomic E-state index is 11.1. The molecule has 0 amide bonds. The summed E-state index contributed by atoms with van der Waals surface area (Å²) in [4.78, 5) is 18.2. The lowest BCUT2D eigenvalue weighted by molar-refractivity contribution is -0.136. The van der Waals surface area contributed by atoms with Gasteiger partial charge in [-0.3, -0.25) is 14.7 Å². The third kappa shape index (κ3) is 5.61. The van der Waals surface area contributed by atoms with Crippen LogP contribution in [0.1, 0.15) is 29.7 Å². The lowest BCUT2D eigenvalue weighted by Gasteiger charge is -2.32. The summed E-state index contributed by atoms with van der Waals surface area (Å²) in [6, 6.07) is 18.1. The quantitative estimate of drug-likeness (QED) is 0.583. The Morgan fingerprint density at radius 3 is 2.61 bits per heavy atom. The van der Waals surface area contributed by atoms with Crippen LogP contribution in [0.15, 0.2) is 54.6 Å². The smallest absolute Gasteiger partial charge is 0.307 e. The van der Waals surface area contributed by atoms with E-state index in [-0.39, 0.29) is 6.42 Å². The Morgan fingerprint density at radius 2 is 1.84 bits per heavy atom. The van der Waals surface area contributed by atoms with E-state index >= 15 is 0 Å². The number of aryl methyl sites for hydroxylation is 1. The largest absolute Gasteiger partial charge is 0.492 e. The van der Waals surface area contributed by atoms with E-state index in [4.69, 9.17) is 9.84 Å². The second kappa shape index (κ2) is 9.92. The molecule has 2 heterocycles. The molecule has 162 valence electrons. The van der Waals surface area contributed by atoms with Crippen molar-refractivity contribution in [3.05, 3.63) is 71.4 Å². The van der Waals surface area contributed by atoms with Gasteiger partial charge in [-0.1, -0.05) is 30.3 Å². The van der Waals surface area contributed by atoms with Crippen molar-refractivity contribution in [2.24, 2.45) is 5.92 Å². The summed E-state index contributed by atoms with van der Waals surface area (Å²) in [5, 5.41) is 10.2. The lowest BCUT2D eigenvalue weighted by atomic mass is 9.88.